The van der Waals surface area contributed by atoms with Gasteiger partial charge in [0.2, 0.25) is 0 Å². The van der Waals surface area contributed by atoms with Crippen molar-refractivity contribution in [3.8, 4) is 0 Å². The van der Waals surface area contributed by atoms with Gasteiger partial charge in [0, 0.05) is 37.7 Å². The Labute approximate surface area is 102 Å². The maximum atomic E-state index is 5.60. The van der Waals surface area contributed by atoms with Crippen molar-refractivity contribution in [3.05, 3.63) is 35.9 Å². The molecule has 16 heavy (non-hydrogen) atoms. The molecule has 86 valence electrons. The van der Waals surface area contributed by atoms with Crippen LogP contribution < -0.4 is 10.2 Å². The molecule has 1 heterocycles. The Kier molecular flexibility index (Phi) is 4.25. The highest BCUT2D eigenvalue weighted by atomic mass is 35.5. The van der Waals surface area contributed by atoms with Gasteiger partial charge in [-0.3, -0.25) is 0 Å². The van der Waals surface area contributed by atoms with Crippen molar-refractivity contribution in [1.82, 2.24) is 5.32 Å². The highest BCUT2D eigenvalue weighted by Gasteiger charge is 2.09. The molecule has 2 rings (SSSR count). The van der Waals surface area contributed by atoms with Crippen LogP contribution in [0.5, 0.6) is 0 Å². The molecular weight excluding hydrogens is 220 g/mol. The number of nitrogens with one attached hydrogen (secondary N) is 1. The van der Waals surface area contributed by atoms with Crippen molar-refractivity contribution < 1.29 is 0 Å². The number of hydrogen-bond acceptors (Lipinski definition) is 2. The van der Waals surface area contributed by atoms with Crippen LogP contribution in [0, 0.1) is 0 Å². The Bertz CT molecular complexity index is 339. The number of benzene rings is 1. The molecule has 3 heteroatoms. The molecule has 0 aromatic heterocycles. The molecule has 1 aromatic carbocycles. The maximum absolute atomic E-state index is 5.60. The highest BCUT2D eigenvalue weighted by molar-refractivity contribution is 6.19. The SMILES string of the molecule is ClCC=Cc1ccc(N2CCNCC2)cc1. The Morgan fingerprint density at radius 2 is 1.88 bits per heavy atom. The van der Waals surface area contributed by atoms with Gasteiger partial charge in [-0.05, 0) is 17.7 Å². The van der Waals surface area contributed by atoms with Gasteiger partial charge in [0.15, 0.2) is 0 Å². The second kappa shape index (κ2) is 5.92. The van der Waals surface area contributed by atoms with Crippen molar-refractivity contribution in [1.29, 1.82) is 0 Å². The molecule has 1 N–H and O–H groups in total. The summed E-state index contributed by atoms with van der Waals surface area (Å²) in [4.78, 5) is 2.41. The number of rotatable bonds is 3. The third-order valence-electron chi connectivity index (χ3n) is 2.77. The highest BCUT2D eigenvalue weighted by Crippen LogP contribution is 2.16. The quantitative estimate of drug-likeness (QED) is 0.811. The summed E-state index contributed by atoms with van der Waals surface area (Å²) < 4.78 is 0. The van der Waals surface area contributed by atoms with Gasteiger partial charge in [-0.2, -0.15) is 0 Å². The average molecular weight is 237 g/mol. The van der Waals surface area contributed by atoms with Crippen molar-refractivity contribution in [2.24, 2.45) is 0 Å². The number of nitrogens with zero attached hydrogens (tertiary/aromatic N) is 1. The average Bonchev–Trinajstić information content (AvgIpc) is 2.38. The first-order chi connectivity index (χ1) is 7.90. The molecule has 0 radical (unpaired) electrons. The predicted octanol–water partition coefficient (Wildman–Crippen LogP) is 2.35. The van der Waals surface area contributed by atoms with Gasteiger partial charge in [0.1, 0.15) is 0 Å². The van der Waals surface area contributed by atoms with Gasteiger partial charge in [0.05, 0.1) is 0 Å². The maximum Gasteiger partial charge on any atom is 0.0407 e. The lowest BCUT2D eigenvalue weighted by molar-refractivity contribution is 0.589. The van der Waals surface area contributed by atoms with Crippen LogP contribution in [0.3, 0.4) is 0 Å². The van der Waals surface area contributed by atoms with E-state index >= 15 is 0 Å². The molecule has 0 saturated carbocycles. The van der Waals surface area contributed by atoms with Gasteiger partial charge in [0.25, 0.3) is 0 Å². The van der Waals surface area contributed by atoms with E-state index in [1.807, 2.05) is 6.08 Å². The molecule has 1 aliphatic heterocycles. The second-order valence-corrected chi connectivity index (χ2v) is 4.19. The van der Waals surface area contributed by atoms with Crippen LogP contribution in [0.1, 0.15) is 5.56 Å². The summed E-state index contributed by atoms with van der Waals surface area (Å²) in [5.74, 6) is 0.569. The summed E-state index contributed by atoms with van der Waals surface area (Å²) in [6, 6.07) is 8.64. The molecule has 0 atom stereocenters. The smallest absolute Gasteiger partial charge is 0.0407 e. The van der Waals surface area contributed by atoms with Crippen molar-refractivity contribution in [3.63, 3.8) is 0 Å². The van der Waals surface area contributed by atoms with Crippen molar-refractivity contribution in [2.75, 3.05) is 37.0 Å². The molecule has 0 spiro atoms. The zero-order chi connectivity index (χ0) is 11.2. The van der Waals surface area contributed by atoms with Crippen LogP contribution >= 0.6 is 11.6 Å². The number of piperazine rings is 1. The van der Waals surface area contributed by atoms with E-state index in [2.05, 4.69) is 40.6 Å². The first-order valence-corrected chi connectivity index (χ1v) is 6.22. The second-order valence-electron chi connectivity index (χ2n) is 3.89. The largest absolute Gasteiger partial charge is 0.369 e. The molecule has 1 saturated heterocycles. The van der Waals surface area contributed by atoms with E-state index in [-0.39, 0.29) is 0 Å². The fourth-order valence-electron chi connectivity index (χ4n) is 1.90. The lowest BCUT2D eigenvalue weighted by Crippen LogP contribution is -2.43. The van der Waals surface area contributed by atoms with E-state index in [1.54, 1.807) is 0 Å². The van der Waals surface area contributed by atoms with Gasteiger partial charge in [-0.15, -0.1) is 11.6 Å². The van der Waals surface area contributed by atoms with E-state index < -0.39 is 0 Å². The molecule has 0 amide bonds. The minimum absolute atomic E-state index is 0.569. The lowest BCUT2D eigenvalue weighted by Gasteiger charge is -2.29. The number of alkyl halides is 1. The van der Waals surface area contributed by atoms with Crippen LogP contribution in [0.15, 0.2) is 30.3 Å². The number of halogens is 1. The molecule has 0 aliphatic carbocycles. The van der Waals surface area contributed by atoms with Crippen molar-refractivity contribution >= 4 is 23.4 Å². The summed E-state index contributed by atoms with van der Waals surface area (Å²) in [5.41, 5.74) is 2.52. The topological polar surface area (TPSA) is 15.3 Å². The van der Waals surface area contributed by atoms with E-state index in [0.717, 1.165) is 26.2 Å². The van der Waals surface area contributed by atoms with Crippen LogP contribution in [-0.2, 0) is 0 Å². The van der Waals surface area contributed by atoms with Crippen LogP contribution in [-0.4, -0.2) is 32.1 Å². The zero-order valence-corrected chi connectivity index (χ0v) is 10.1. The molecule has 2 nitrogen and oxygen atoms in total. The van der Waals surface area contributed by atoms with Crippen LogP contribution in [0.4, 0.5) is 5.69 Å². The van der Waals surface area contributed by atoms with Gasteiger partial charge in [-0.25, -0.2) is 0 Å². The standard InChI is InChI=1S/C13H17ClN2/c14-7-1-2-12-3-5-13(6-4-12)16-10-8-15-9-11-16/h1-6,15H,7-11H2. The number of hydrogen-bond donors (Lipinski definition) is 1. The number of allylic oxidation sites excluding steroid dienone is 1. The van der Waals surface area contributed by atoms with Crippen LogP contribution in [0.25, 0.3) is 6.08 Å². The van der Waals surface area contributed by atoms with E-state index in [4.69, 9.17) is 11.6 Å². The Balaban J connectivity index is 2.03. The fourth-order valence-corrected chi connectivity index (χ4v) is 1.99. The van der Waals surface area contributed by atoms with E-state index in [9.17, 15) is 0 Å². The monoisotopic (exact) mass is 236 g/mol. The first-order valence-electron chi connectivity index (χ1n) is 5.68. The molecule has 0 unspecified atom stereocenters. The van der Waals surface area contributed by atoms with Gasteiger partial charge in [-0.1, -0.05) is 24.3 Å². The lowest BCUT2D eigenvalue weighted by atomic mass is 10.1. The molecule has 1 fully saturated rings. The Hall–Kier alpha value is -0.990. The normalized spacial score (nSPS) is 16.9. The van der Waals surface area contributed by atoms with Gasteiger partial charge >= 0.3 is 0 Å². The third-order valence-corrected chi connectivity index (χ3v) is 2.95. The van der Waals surface area contributed by atoms with E-state index in [1.165, 1.54) is 11.3 Å². The van der Waals surface area contributed by atoms with E-state index in [0.29, 0.717) is 5.88 Å². The first kappa shape index (κ1) is 11.5. The molecule has 1 aromatic rings. The van der Waals surface area contributed by atoms with Crippen LogP contribution in [0.2, 0.25) is 0 Å². The number of anilines is 1. The summed E-state index contributed by atoms with van der Waals surface area (Å²) in [6.07, 6.45) is 4.01. The summed E-state index contributed by atoms with van der Waals surface area (Å²) >= 11 is 5.60. The Morgan fingerprint density at radius 1 is 1.19 bits per heavy atom. The summed E-state index contributed by atoms with van der Waals surface area (Å²) in [5, 5.41) is 3.36. The summed E-state index contributed by atoms with van der Waals surface area (Å²) in [7, 11) is 0. The summed E-state index contributed by atoms with van der Waals surface area (Å²) in [6.45, 7) is 4.34. The third kappa shape index (κ3) is 3.00. The minimum Gasteiger partial charge on any atom is -0.369 e. The minimum atomic E-state index is 0.569. The Morgan fingerprint density at radius 3 is 2.50 bits per heavy atom. The molecule has 1 aliphatic rings. The van der Waals surface area contributed by atoms with Crippen molar-refractivity contribution in [2.45, 2.75) is 0 Å². The predicted molar refractivity (Wildman–Crippen MR) is 71.3 cm³/mol. The molecule has 0 bridgehead atoms. The fraction of sp³-hybridized carbons (Fsp3) is 0.385. The molecular formula is C13H17ClN2. The van der Waals surface area contributed by atoms with Gasteiger partial charge < -0.3 is 10.2 Å². The zero-order valence-electron chi connectivity index (χ0n) is 9.32.